The lowest BCUT2D eigenvalue weighted by Gasteiger charge is -2.17. The number of rotatable bonds is 2. The van der Waals surface area contributed by atoms with Gasteiger partial charge >= 0.3 is 6.18 Å². The van der Waals surface area contributed by atoms with Gasteiger partial charge in [-0.25, -0.2) is 4.39 Å². The summed E-state index contributed by atoms with van der Waals surface area (Å²) >= 11 is 0. The molecule has 5 heteroatoms. The minimum atomic E-state index is -4.65. The standard InChI is InChI=1S/C14H16F4O/c1-8(2)12-5-6-13(19-12)9-3-4-10(11(15)7-9)14(16,17)18/h3-4,7-8,12-13H,5-6H2,1-2H3/t12-,13+/m0/s1. The maximum absolute atomic E-state index is 13.5. The molecule has 0 saturated carbocycles. The minimum Gasteiger partial charge on any atom is -0.370 e. The van der Waals surface area contributed by atoms with Gasteiger partial charge in [0.15, 0.2) is 0 Å². The fraction of sp³-hybridized carbons (Fsp3) is 0.571. The van der Waals surface area contributed by atoms with Crippen molar-refractivity contribution in [2.24, 2.45) is 5.92 Å². The zero-order valence-corrected chi connectivity index (χ0v) is 10.8. The number of halogens is 4. The Kier molecular flexibility index (Phi) is 3.85. The van der Waals surface area contributed by atoms with Crippen molar-refractivity contribution in [1.82, 2.24) is 0 Å². The smallest absolute Gasteiger partial charge is 0.370 e. The average Bonchev–Trinajstić information content (AvgIpc) is 2.76. The van der Waals surface area contributed by atoms with Crippen molar-refractivity contribution in [3.63, 3.8) is 0 Å². The molecule has 2 atom stereocenters. The molecule has 1 aliphatic rings. The minimum absolute atomic E-state index is 0.0929. The highest BCUT2D eigenvalue weighted by Crippen LogP contribution is 2.38. The second-order valence-electron chi connectivity index (χ2n) is 5.22. The fourth-order valence-corrected chi connectivity index (χ4v) is 2.36. The van der Waals surface area contributed by atoms with E-state index < -0.39 is 17.6 Å². The van der Waals surface area contributed by atoms with Crippen LogP contribution in [0.4, 0.5) is 17.6 Å². The van der Waals surface area contributed by atoms with Gasteiger partial charge in [0, 0.05) is 0 Å². The van der Waals surface area contributed by atoms with E-state index in [9.17, 15) is 17.6 Å². The topological polar surface area (TPSA) is 9.23 Å². The molecule has 1 heterocycles. The van der Waals surface area contributed by atoms with Crippen LogP contribution in [-0.2, 0) is 10.9 Å². The largest absolute Gasteiger partial charge is 0.419 e. The van der Waals surface area contributed by atoms with E-state index in [0.29, 0.717) is 17.9 Å². The second-order valence-corrected chi connectivity index (χ2v) is 5.22. The molecule has 0 spiro atoms. The fourth-order valence-electron chi connectivity index (χ4n) is 2.36. The molecule has 1 aliphatic heterocycles. The van der Waals surface area contributed by atoms with Gasteiger partial charge in [-0.3, -0.25) is 0 Å². The van der Waals surface area contributed by atoms with Crippen LogP contribution in [0.15, 0.2) is 18.2 Å². The molecule has 0 N–H and O–H groups in total. The van der Waals surface area contributed by atoms with Gasteiger partial charge in [-0.2, -0.15) is 13.2 Å². The predicted molar refractivity (Wildman–Crippen MR) is 63.1 cm³/mol. The van der Waals surface area contributed by atoms with Crippen LogP contribution in [0.1, 0.15) is 43.9 Å². The molecule has 0 aliphatic carbocycles. The summed E-state index contributed by atoms with van der Waals surface area (Å²) in [5, 5.41) is 0. The van der Waals surface area contributed by atoms with Gasteiger partial charge in [-0.15, -0.1) is 0 Å². The molecule has 1 nitrogen and oxygen atoms in total. The Morgan fingerprint density at radius 2 is 1.89 bits per heavy atom. The van der Waals surface area contributed by atoms with E-state index >= 15 is 0 Å². The molecular formula is C14H16F4O. The van der Waals surface area contributed by atoms with E-state index in [1.807, 2.05) is 13.8 Å². The summed E-state index contributed by atoms with van der Waals surface area (Å²) in [5.74, 6) is -0.883. The third-order valence-electron chi connectivity index (χ3n) is 3.47. The number of hydrogen-bond donors (Lipinski definition) is 0. The Balaban J connectivity index is 2.18. The summed E-state index contributed by atoms with van der Waals surface area (Å²) in [6, 6.07) is 3.03. The van der Waals surface area contributed by atoms with Crippen molar-refractivity contribution in [3.8, 4) is 0 Å². The van der Waals surface area contributed by atoms with Crippen molar-refractivity contribution in [2.75, 3.05) is 0 Å². The number of hydrogen-bond acceptors (Lipinski definition) is 1. The van der Waals surface area contributed by atoms with Crippen molar-refractivity contribution >= 4 is 0 Å². The third-order valence-corrected chi connectivity index (χ3v) is 3.47. The second kappa shape index (κ2) is 5.12. The van der Waals surface area contributed by atoms with Gasteiger partial charge in [0.2, 0.25) is 0 Å². The lowest BCUT2D eigenvalue weighted by atomic mass is 10.0. The van der Waals surface area contributed by atoms with Crippen molar-refractivity contribution in [1.29, 1.82) is 0 Å². The van der Waals surface area contributed by atoms with Gasteiger partial charge < -0.3 is 4.74 Å². The van der Waals surface area contributed by atoms with E-state index in [0.717, 1.165) is 18.6 Å². The monoisotopic (exact) mass is 276 g/mol. The lowest BCUT2D eigenvalue weighted by Crippen LogP contribution is -2.14. The molecule has 0 aromatic heterocycles. The lowest BCUT2D eigenvalue weighted by molar-refractivity contribution is -0.140. The van der Waals surface area contributed by atoms with Crippen LogP contribution in [0.25, 0.3) is 0 Å². The molecule has 0 bridgehead atoms. The first-order valence-corrected chi connectivity index (χ1v) is 6.31. The molecule has 106 valence electrons. The molecule has 0 unspecified atom stereocenters. The highest BCUT2D eigenvalue weighted by Gasteiger charge is 2.35. The summed E-state index contributed by atoms with van der Waals surface area (Å²) in [4.78, 5) is 0. The summed E-state index contributed by atoms with van der Waals surface area (Å²) in [5.41, 5.74) is -0.747. The SMILES string of the molecule is CC(C)[C@@H]1CC[C@H](c2ccc(C(F)(F)F)c(F)c2)O1. The van der Waals surface area contributed by atoms with Crippen LogP contribution in [0.3, 0.4) is 0 Å². The molecule has 19 heavy (non-hydrogen) atoms. The molecule has 1 aromatic rings. The molecule has 1 aromatic carbocycles. The van der Waals surface area contributed by atoms with Crippen LogP contribution in [-0.4, -0.2) is 6.10 Å². The number of ether oxygens (including phenoxy) is 1. The van der Waals surface area contributed by atoms with Crippen molar-refractivity contribution < 1.29 is 22.3 Å². The van der Waals surface area contributed by atoms with Gasteiger partial charge in [0.1, 0.15) is 5.82 Å². The highest BCUT2D eigenvalue weighted by atomic mass is 19.4. The zero-order valence-electron chi connectivity index (χ0n) is 10.8. The molecular weight excluding hydrogens is 260 g/mol. The molecule has 0 amide bonds. The summed E-state index contributed by atoms with van der Waals surface area (Å²) in [7, 11) is 0. The van der Waals surface area contributed by atoms with Crippen molar-refractivity contribution in [3.05, 3.63) is 35.1 Å². The Morgan fingerprint density at radius 3 is 2.37 bits per heavy atom. The highest BCUT2D eigenvalue weighted by molar-refractivity contribution is 5.28. The first kappa shape index (κ1) is 14.3. The van der Waals surface area contributed by atoms with E-state index in [4.69, 9.17) is 4.74 Å². The predicted octanol–water partition coefficient (Wildman–Crippen LogP) is 4.72. The Labute approximate surface area is 109 Å². The first-order valence-electron chi connectivity index (χ1n) is 6.31. The van der Waals surface area contributed by atoms with Crippen LogP contribution in [0.2, 0.25) is 0 Å². The van der Waals surface area contributed by atoms with Crippen LogP contribution in [0.5, 0.6) is 0 Å². The maximum atomic E-state index is 13.5. The Hall–Kier alpha value is -1.10. The van der Waals surface area contributed by atoms with Crippen LogP contribution < -0.4 is 0 Å². The summed E-state index contributed by atoms with van der Waals surface area (Å²) in [6.45, 7) is 4.06. The van der Waals surface area contributed by atoms with Gasteiger partial charge in [-0.05, 0) is 36.5 Å². The maximum Gasteiger partial charge on any atom is 0.419 e. The van der Waals surface area contributed by atoms with E-state index in [-0.39, 0.29) is 12.2 Å². The zero-order chi connectivity index (χ0) is 14.2. The molecule has 1 saturated heterocycles. The van der Waals surface area contributed by atoms with E-state index in [1.165, 1.54) is 6.07 Å². The van der Waals surface area contributed by atoms with Crippen molar-refractivity contribution in [2.45, 2.75) is 45.1 Å². The van der Waals surface area contributed by atoms with Crippen LogP contribution in [0, 0.1) is 11.7 Å². The van der Waals surface area contributed by atoms with Gasteiger partial charge in [0.25, 0.3) is 0 Å². The third kappa shape index (κ3) is 3.08. The average molecular weight is 276 g/mol. The number of benzene rings is 1. The Morgan fingerprint density at radius 1 is 1.21 bits per heavy atom. The van der Waals surface area contributed by atoms with E-state index in [1.54, 1.807) is 0 Å². The molecule has 0 radical (unpaired) electrons. The van der Waals surface area contributed by atoms with Gasteiger partial charge in [0.05, 0.1) is 17.8 Å². The summed E-state index contributed by atoms with van der Waals surface area (Å²) in [6.07, 6.45) is -3.29. The Bertz CT molecular complexity index is 453. The molecule has 1 fully saturated rings. The van der Waals surface area contributed by atoms with E-state index in [2.05, 4.69) is 0 Å². The van der Waals surface area contributed by atoms with Crippen LogP contribution >= 0.6 is 0 Å². The summed E-state index contributed by atoms with van der Waals surface area (Å²) < 4.78 is 56.6. The quantitative estimate of drug-likeness (QED) is 0.710. The normalized spacial score (nSPS) is 24.2. The molecule has 2 rings (SSSR count). The number of alkyl halides is 3. The first-order chi connectivity index (χ1) is 8.79. The van der Waals surface area contributed by atoms with Gasteiger partial charge in [-0.1, -0.05) is 19.9 Å².